The van der Waals surface area contributed by atoms with Crippen molar-refractivity contribution in [3.05, 3.63) is 0 Å². The molecule has 23 heavy (non-hydrogen) atoms. The van der Waals surface area contributed by atoms with E-state index in [1.165, 1.54) is 0 Å². The lowest BCUT2D eigenvalue weighted by molar-refractivity contribution is 0.0781. The maximum absolute atomic E-state index is 11.7. The van der Waals surface area contributed by atoms with Crippen LogP contribution in [0.4, 0.5) is 4.79 Å². The highest BCUT2D eigenvalue weighted by Crippen LogP contribution is 2.04. The molecule has 1 rings (SSSR count). The van der Waals surface area contributed by atoms with E-state index < -0.39 is 0 Å². The molecule has 0 aromatic carbocycles. The Morgan fingerprint density at radius 1 is 1.17 bits per heavy atom. The summed E-state index contributed by atoms with van der Waals surface area (Å²) in [6, 6.07) is 0. The second kappa shape index (κ2) is 11.1. The molecule has 0 unspecified atom stereocenters. The minimum absolute atomic E-state index is 0.222. The van der Waals surface area contributed by atoms with Crippen LogP contribution in [0.2, 0.25) is 0 Å². The van der Waals surface area contributed by atoms with E-state index in [0.29, 0.717) is 19.7 Å². The van der Waals surface area contributed by atoms with Crippen LogP contribution in [0.15, 0.2) is 4.99 Å². The van der Waals surface area contributed by atoms with Gasteiger partial charge in [0, 0.05) is 45.9 Å². The Labute approximate surface area is 140 Å². The number of guanidine groups is 1. The molecule has 1 saturated heterocycles. The average molecular weight is 328 g/mol. The number of rotatable bonds is 7. The van der Waals surface area contributed by atoms with Crippen LogP contribution >= 0.6 is 0 Å². The Morgan fingerprint density at radius 2 is 1.83 bits per heavy atom. The Hall–Kier alpha value is -1.50. The van der Waals surface area contributed by atoms with Gasteiger partial charge in [0.05, 0.1) is 12.7 Å². The molecule has 0 atom stereocenters. The number of carbonyl (C=O) groups excluding carboxylic acids is 1. The molecule has 7 nitrogen and oxygen atoms in total. The Balaban J connectivity index is 2.41. The first-order valence-corrected chi connectivity index (χ1v) is 8.65. The fourth-order valence-electron chi connectivity index (χ4n) is 2.31. The monoisotopic (exact) mass is 328 g/mol. The lowest BCUT2D eigenvalue weighted by Gasteiger charge is -2.35. The maximum atomic E-state index is 11.7. The SMILES string of the molecule is CCNC(=NCCCOC(C)C)N1CCN(C(=O)OCC)CC1. The molecule has 0 aromatic heterocycles. The minimum Gasteiger partial charge on any atom is -0.450 e. The smallest absolute Gasteiger partial charge is 0.409 e. The highest BCUT2D eigenvalue weighted by atomic mass is 16.6. The third kappa shape index (κ3) is 7.54. The van der Waals surface area contributed by atoms with Crippen LogP contribution in [-0.2, 0) is 9.47 Å². The third-order valence-corrected chi connectivity index (χ3v) is 3.46. The van der Waals surface area contributed by atoms with Crippen molar-refractivity contribution in [2.45, 2.75) is 40.2 Å². The summed E-state index contributed by atoms with van der Waals surface area (Å²) in [6.07, 6.45) is 0.957. The van der Waals surface area contributed by atoms with Crippen molar-refractivity contribution in [3.8, 4) is 0 Å². The second-order valence-electron chi connectivity index (χ2n) is 5.68. The number of nitrogens with zero attached hydrogens (tertiary/aromatic N) is 3. The molecule has 0 radical (unpaired) electrons. The van der Waals surface area contributed by atoms with E-state index in [-0.39, 0.29) is 12.2 Å². The molecule has 0 saturated carbocycles. The average Bonchev–Trinajstić information content (AvgIpc) is 2.53. The van der Waals surface area contributed by atoms with E-state index in [0.717, 1.165) is 45.2 Å². The number of hydrogen-bond acceptors (Lipinski definition) is 4. The number of nitrogens with one attached hydrogen (secondary N) is 1. The summed E-state index contributed by atoms with van der Waals surface area (Å²) in [5, 5.41) is 3.32. The molecule has 134 valence electrons. The van der Waals surface area contributed by atoms with Crippen LogP contribution in [0.25, 0.3) is 0 Å². The van der Waals surface area contributed by atoms with Crippen LogP contribution in [-0.4, -0.2) is 80.4 Å². The van der Waals surface area contributed by atoms with Gasteiger partial charge >= 0.3 is 6.09 Å². The summed E-state index contributed by atoms with van der Waals surface area (Å²) in [6.45, 7) is 13.6. The van der Waals surface area contributed by atoms with Gasteiger partial charge in [-0.15, -0.1) is 0 Å². The van der Waals surface area contributed by atoms with Crippen molar-refractivity contribution in [1.82, 2.24) is 15.1 Å². The van der Waals surface area contributed by atoms with Crippen molar-refractivity contribution in [1.29, 1.82) is 0 Å². The zero-order valence-corrected chi connectivity index (χ0v) is 15.0. The van der Waals surface area contributed by atoms with Gasteiger partial charge in [0.2, 0.25) is 0 Å². The van der Waals surface area contributed by atoms with Crippen molar-refractivity contribution >= 4 is 12.1 Å². The number of hydrogen-bond donors (Lipinski definition) is 1. The standard InChI is InChI=1S/C16H32N4O3/c1-5-17-15(18-8-7-13-23-14(3)4)19-9-11-20(12-10-19)16(21)22-6-2/h14H,5-13H2,1-4H3,(H,17,18). The van der Waals surface area contributed by atoms with Gasteiger partial charge in [-0.1, -0.05) is 0 Å². The molecule has 1 N–H and O–H groups in total. The minimum atomic E-state index is -0.222. The van der Waals surface area contributed by atoms with Crippen LogP contribution in [0.5, 0.6) is 0 Å². The zero-order chi connectivity index (χ0) is 17.1. The van der Waals surface area contributed by atoms with E-state index in [9.17, 15) is 4.79 Å². The Kier molecular flexibility index (Phi) is 9.43. The zero-order valence-electron chi connectivity index (χ0n) is 15.0. The molecule has 1 aliphatic heterocycles. The predicted octanol–water partition coefficient (Wildman–Crippen LogP) is 1.54. The number of amides is 1. The lowest BCUT2D eigenvalue weighted by atomic mass is 10.3. The van der Waals surface area contributed by atoms with Gasteiger partial charge in [0.25, 0.3) is 0 Å². The van der Waals surface area contributed by atoms with Crippen molar-refractivity contribution in [3.63, 3.8) is 0 Å². The first kappa shape index (κ1) is 19.5. The normalized spacial score (nSPS) is 16.0. The molecule has 0 aromatic rings. The van der Waals surface area contributed by atoms with Crippen molar-refractivity contribution < 1.29 is 14.3 Å². The first-order valence-electron chi connectivity index (χ1n) is 8.65. The molecular weight excluding hydrogens is 296 g/mol. The molecule has 1 amide bonds. The summed E-state index contributed by atoms with van der Waals surface area (Å²) in [5.41, 5.74) is 0. The summed E-state index contributed by atoms with van der Waals surface area (Å²) in [4.78, 5) is 20.3. The third-order valence-electron chi connectivity index (χ3n) is 3.46. The van der Waals surface area contributed by atoms with E-state index in [4.69, 9.17) is 9.47 Å². The lowest BCUT2D eigenvalue weighted by Crippen LogP contribution is -2.53. The number of piperazine rings is 1. The molecule has 0 aliphatic carbocycles. The Bertz CT molecular complexity index is 366. The molecule has 0 bridgehead atoms. The molecule has 1 heterocycles. The molecule has 0 spiro atoms. The molecular formula is C16H32N4O3. The van der Waals surface area contributed by atoms with Gasteiger partial charge < -0.3 is 24.6 Å². The van der Waals surface area contributed by atoms with Crippen LogP contribution in [0.1, 0.15) is 34.1 Å². The van der Waals surface area contributed by atoms with Gasteiger partial charge in [0.15, 0.2) is 5.96 Å². The van der Waals surface area contributed by atoms with E-state index in [1.807, 2.05) is 20.8 Å². The predicted molar refractivity (Wildman–Crippen MR) is 91.9 cm³/mol. The summed E-state index contributed by atoms with van der Waals surface area (Å²) < 4.78 is 10.6. The fraction of sp³-hybridized carbons (Fsp3) is 0.875. The van der Waals surface area contributed by atoms with Gasteiger partial charge in [-0.3, -0.25) is 4.99 Å². The quantitative estimate of drug-likeness (QED) is 0.436. The van der Waals surface area contributed by atoms with Crippen LogP contribution in [0, 0.1) is 0 Å². The van der Waals surface area contributed by atoms with E-state index >= 15 is 0 Å². The molecule has 1 aliphatic rings. The second-order valence-corrected chi connectivity index (χ2v) is 5.68. The molecule has 1 fully saturated rings. The summed E-state index contributed by atoms with van der Waals surface area (Å²) in [7, 11) is 0. The van der Waals surface area contributed by atoms with Crippen molar-refractivity contribution in [2.75, 3.05) is 52.5 Å². The number of ether oxygens (including phenoxy) is 2. The van der Waals surface area contributed by atoms with E-state index in [1.54, 1.807) is 4.90 Å². The maximum Gasteiger partial charge on any atom is 0.409 e. The fourth-order valence-corrected chi connectivity index (χ4v) is 2.31. The molecule has 7 heteroatoms. The van der Waals surface area contributed by atoms with Gasteiger partial charge in [0.1, 0.15) is 0 Å². The van der Waals surface area contributed by atoms with Crippen LogP contribution < -0.4 is 5.32 Å². The Morgan fingerprint density at radius 3 is 2.39 bits per heavy atom. The van der Waals surface area contributed by atoms with Gasteiger partial charge in [-0.05, 0) is 34.1 Å². The highest BCUT2D eigenvalue weighted by molar-refractivity contribution is 5.80. The summed E-state index contributed by atoms with van der Waals surface area (Å²) >= 11 is 0. The van der Waals surface area contributed by atoms with Crippen molar-refractivity contribution in [2.24, 2.45) is 4.99 Å². The van der Waals surface area contributed by atoms with Crippen LogP contribution in [0.3, 0.4) is 0 Å². The topological polar surface area (TPSA) is 66.4 Å². The summed E-state index contributed by atoms with van der Waals surface area (Å²) in [5.74, 6) is 0.917. The highest BCUT2D eigenvalue weighted by Gasteiger charge is 2.23. The first-order chi connectivity index (χ1) is 11.1. The number of aliphatic imine (C=N–C) groups is 1. The van der Waals surface area contributed by atoms with E-state index in [2.05, 4.69) is 22.1 Å². The van der Waals surface area contributed by atoms with Gasteiger partial charge in [-0.25, -0.2) is 4.79 Å². The number of carbonyl (C=O) groups is 1. The van der Waals surface area contributed by atoms with Gasteiger partial charge in [-0.2, -0.15) is 0 Å². The largest absolute Gasteiger partial charge is 0.450 e.